The number of thiol groups is 1. The molecule has 0 amide bonds. The van der Waals surface area contributed by atoms with E-state index in [1.54, 1.807) is 19.2 Å². The molecule has 7 nitrogen and oxygen atoms in total. The Kier molecular flexibility index (Phi) is 9.18. The van der Waals surface area contributed by atoms with Crippen LogP contribution in [0, 0.1) is 23.7 Å². The molecule has 4 bridgehead atoms. The van der Waals surface area contributed by atoms with Crippen LogP contribution in [0.3, 0.4) is 0 Å². The second kappa shape index (κ2) is 14.3. The van der Waals surface area contributed by atoms with Gasteiger partial charge in [-0.2, -0.15) is 10.9 Å². The third-order valence-electron chi connectivity index (χ3n) is 12.1. The van der Waals surface area contributed by atoms with Gasteiger partial charge in [0.2, 0.25) is 5.75 Å². The number of methoxy groups -OCH3 is 1. The minimum atomic E-state index is -0.886. The van der Waals surface area contributed by atoms with Crippen LogP contribution >= 0.6 is 10.9 Å². The zero-order valence-corrected chi connectivity index (χ0v) is 31.6. The summed E-state index contributed by atoms with van der Waals surface area (Å²) in [6, 6.07) is 36.0. The number of carbonyl (C=O) groups excluding carboxylic acids is 1. The number of esters is 1. The number of ether oxygens (including phenoxy) is 5. The van der Waals surface area contributed by atoms with Gasteiger partial charge in [-0.3, -0.25) is 0 Å². The minimum Gasteiger partial charge on any atom is -0.508 e. The molecule has 10 rings (SSSR count). The fraction of sp³-hybridized carbons (Fsp3) is 0.326. The fourth-order valence-corrected chi connectivity index (χ4v) is 12.3. The van der Waals surface area contributed by atoms with Crippen molar-refractivity contribution < 1.29 is 33.6 Å². The van der Waals surface area contributed by atoms with Gasteiger partial charge in [-0.05, 0) is 133 Å². The first-order chi connectivity index (χ1) is 26.3. The van der Waals surface area contributed by atoms with Gasteiger partial charge in [0.1, 0.15) is 30.3 Å². The summed E-state index contributed by atoms with van der Waals surface area (Å²) in [7, 11) is 0.741. The Bertz CT molecular complexity index is 2090. The molecule has 1 heterocycles. The Labute approximate surface area is 319 Å². The van der Waals surface area contributed by atoms with Crippen LogP contribution in [-0.2, 0) is 22.7 Å². The van der Waals surface area contributed by atoms with Crippen LogP contribution in [0.15, 0.2) is 124 Å². The Morgan fingerprint density at radius 1 is 0.704 bits per heavy atom. The van der Waals surface area contributed by atoms with E-state index in [0.29, 0.717) is 41.4 Å². The largest absolute Gasteiger partial charge is 0.508 e. The third kappa shape index (κ3) is 6.55. The van der Waals surface area contributed by atoms with Gasteiger partial charge in [-0.1, -0.05) is 60.7 Å². The molecule has 5 aromatic carbocycles. The van der Waals surface area contributed by atoms with E-state index >= 15 is 0 Å². The normalized spacial score (nSPS) is 23.7. The fourth-order valence-electron chi connectivity index (χ4n) is 9.61. The molecule has 4 saturated carbocycles. The van der Waals surface area contributed by atoms with Crippen LogP contribution in [0.1, 0.15) is 50.2 Å². The van der Waals surface area contributed by atoms with E-state index < -0.39 is 10.9 Å². The highest BCUT2D eigenvalue weighted by Gasteiger charge is 2.57. The number of hydrogen-bond donors (Lipinski definition) is 2. The third-order valence-corrected chi connectivity index (χ3v) is 14.7. The van der Waals surface area contributed by atoms with Gasteiger partial charge in [0, 0.05) is 14.7 Å². The van der Waals surface area contributed by atoms with Gasteiger partial charge in [0.15, 0.2) is 18.1 Å². The lowest BCUT2D eigenvalue weighted by atomic mass is 9.50. The lowest BCUT2D eigenvalue weighted by Gasteiger charge is -2.59. The van der Waals surface area contributed by atoms with E-state index in [4.69, 9.17) is 23.7 Å². The van der Waals surface area contributed by atoms with E-state index in [1.165, 1.54) is 53.0 Å². The van der Waals surface area contributed by atoms with Gasteiger partial charge < -0.3 is 28.8 Å². The molecule has 0 unspecified atom stereocenters. The van der Waals surface area contributed by atoms with Crippen molar-refractivity contribution in [3.63, 3.8) is 0 Å². The van der Waals surface area contributed by atoms with Crippen LogP contribution in [0.2, 0.25) is 0 Å². The van der Waals surface area contributed by atoms with Gasteiger partial charge >= 0.3 is 5.97 Å². The van der Waals surface area contributed by atoms with Gasteiger partial charge in [0.05, 0.1) is 7.11 Å². The zero-order chi connectivity index (χ0) is 36.8. The number of aromatic hydroxyl groups is 1. The Hall–Kier alpha value is -5.08. The molecule has 0 spiro atoms. The molecule has 278 valence electrons. The Morgan fingerprint density at radius 2 is 1.22 bits per heavy atom. The summed E-state index contributed by atoms with van der Waals surface area (Å²) >= 11 is 0. The maximum absolute atomic E-state index is 13.0. The smallest absolute Gasteiger partial charge is 0.344 e. The quantitative estimate of drug-likeness (QED) is 0.0954. The highest BCUT2D eigenvalue weighted by atomic mass is 32.2. The first-order valence-corrected chi connectivity index (χ1v) is 20.4. The van der Waals surface area contributed by atoms with Crippen LogP contribution in [0.25, 0.3) is 11.1 Å². The van der Waals surface area contributed by atoms with Crippen molar-refractivity contribution in [2.75, 3.05) is 13.7 Å². The van der Waals surface area contributed by atoms with Gasteiger partial charge in [-0.25, -0.2) is 4.79 Å². The molecule has 1 aliphatic heterocycles. The summed E-state index contributed by atoms with van der Waals surface area (Å²) in [6.07, 6.45) is 6.12. The number of hydrogen-bond acceptors (Lipinski definition) is 7. The molecule has 0 radical (unpaired) electrons. The summed E-state index contributed by atoms with van der Waals surface area (Å²) in [5.74, 6) is 4.80. The summed E-state index contributed by atoms with van der Waals surface area (Å²) in [5.41, 5.74) is 3.99. The summed E-state index contributed by atoms with van der Waals surface area (Å²) in [5, 5.41) is 9.79. The van der Waals surface area contributed by atoms with E-state index in [-0.39, 0.29) is 30.5 Å². The maximum Gasteiger partial charge on any atom is 0.344 e. The highest BCUT2D eigenvalue weighted by molar-refractivity contribution is 8.17. The predicted octanol–water partition coefficient (Wildman–Crippen LogP) is 10.2. The molecule has 1 N–H and O–H groups in total. The van der Waals surface area contributed by atoms with E-state index in [1.807, 2.05) is 36.4 Å². The molecule has 4 aliphatic carbocycles. The molecule has 0 aromatic heterocycles. The molecule has 4 fully saturated rings. The van der Waals surface area contributed by atoms with Crippen LogP contribution in [0.5, 0.6) is 28.7 Å². The second-order valence-corrected chi connectivity index (χ2v) is 17.6. The van der Waals surface area contributed by atoms with Crippen LogP contribution in [-0.4, -0.2) is 30.4 Å². The standard InChI is InChI=1S/C46H46O7S/c1-46(33-20-31-19-32(22-33)23-34(46)21-31)53-44(48)28-50-36-17-13-30(14-18-36)27-52-41-25-37(24-40(45(41)49-2)51-26-29-11-15-35(47)16-12-29)54-42-9-5-3-7-38(42)39-8-4-6-10-43(39)54/h3-18,24-25,31-34,47,54H,19-23,26-28H2,1-2H3. The van der Waals surface area contributed by atoms with E-state index in [2.05, 4.69) is 67.6 Å². The number of carbonyl (C=O) groups is 1. The maximum atomic E-state index is 13.0. The zero-order valence-electron chi connectivity index (χ0n) is 30.7. The van der Waals surface area contributed by atoms with Crippen molar-refractivity contribution in [3.05, 3.63) is 120 Å². The molecular formula is C46H46O7S. The Morgan fingerprint density at radius 3 is 1.76 bits per heavy atom. The molecule has 5 aromatic rings. The lowest BCUT2D eigenvalue weighted by Crippen LogP contribution is -2.58. The average Bonchev–Trinajstić information content (AvgIpc) is 3.52. The van der Waals surface area contributed by atoms with Gasteiger partial charge in [-0.15, -0.1) is 0 Å². The SMILES string of the molecule is COc1c(OCc2ccc(O)cc2)cc([SH]2c3ccccc3-c3ccccc32)cc1OCc1ccc(OCC(=O)OC2(C)C3CC4CC(C3)CC2C4)cc1. The number of phenols is 1. The summed E-state index contributed by atoms with van der Waals surface area (Å²) < 4.78 is 31.0. The monoisotopic (exact) mass is 742 g/mol. The minimum absolute atomic E-state index is 0.107. The van der Waals surface area contributed by atoms with Crippen molar-refractivity contribution in [2.45, 2.75) is 72.5 Å². The van der Waals surface area contributed by atoms with Crippen molar-refractivity contribution in [2.24, 2.45) is 23.7 Å². The number of fused-ring (bicyclic) bond motifs is 3. The van der Waals surface area contributed by atoms with Gasteiger partial charge in [0.25, 0.3) is 0 Å². The second-order valence-electron chi connectivity index (χ2n) is 15.5. The summed E-state index contributed by atoms with van der Waals surface area (Å²) in [4.78, 5) is 16.7. The van der Waals surface area contributed by atoms with Crippen molar-refractivity contribution in [1.29, 1.82) is 0 Å². The Balaban J connectivity index is 0.918. The molecule has 0 atom stereocenters. The van der Waals surface area contributed by atoms with E-state index in [0.717, 1.165) is 27.9 Å². The lowest BCUT2D eigenvalue weighted by molar-refractivity contribution is -0.204. The highest BCUT2D eigenvalue weighted by Crippen LogP contribution is 2.64. The topological polar surface area (TPSA) is 83.5 Å². The van der Waals surface area contributed by atoms with Crippen molar-refractivity contribution in [3.8, 4) is 39.9 Å². The van der Waals surface area contributed by atoms with Crippen molar-refractivity contribution >= 4 is 16.9 Å². The number of benzene rings is 5. The van der Waals surface area contributed by atoms with Crippen molar-refractivity contribution in [1.82, 2.24) is 0 Å². The number of rotatable bonds is 12. The molecule has 0 saturated heterocycles. The molecule has 54 heavy (non-hydrogen) atoms. The predicted molar refractivity (Wildman–Crippen MR) is 209 cm³/mol. The van der Waals surface area contributed by atoms with Crippen LogP contribution in [0.4, 0.5) is 0 Å². The number of phenolic OH excluding ortho intramolecular Hbond substituents is 1. The molecular weight excluding hydrogens is 697 g/mol. The molecule has 5 aliphatic rings. The first kappa shape index (κ1) is 34.7. The first-order valence-electron chi connectivity index (χ1n) is 19.0. The average molecular weight is 743 g/mol. The van der Waals surface area contributed by atoms with E-state index in [9.17, 15) is 9.90 Å². The summed E-state index contributed by atoms with van der Waals surface area (Å²) in [6.45, 7) is 2.63. The van der Waals surface area contributed by atoms with Crippen LogP contribution < -0.4 is 18.9 Å². The molecule has 8 heteroatoms.